The average molecular weight is 336 g/mol. The molecule has 9 heteroatoms. The molecule has 9 nitrogen and oxygen atoms in total. The van der Waals surface area contributed by atoms with Gasteiger partial charge in [-0.1, -0.05) is 0 Å². The van der Waals surface area contributed by atoms with E-state index in [2.05, 4.69) is 0 Å². The number of aliphatic hydroxyl groups is 1. The third-order valence-corrected chi connectivity index (χ3v) is 3.43. The summed E-state index contributed by atoms with van der Waals surface area (Å²) in [7, 11) is 4.32. The molecule has 0 saturated carbocycles. The molecule has 1 heterocycles. The zero-order chi connectivity index (χ0) is 17.6. The Morgan fingerprint density at radius 3 is 2.04 bits per heavy atom. The van der Waals surface area contributed by atoms with E-state index in [4.69, 9.17) is 28.4 Å². The molecule has 0 aromatic heterocycles. The molecule has 0 spiro atoms. The van der Waals surface area contributed by atoms with Gasteiger partial charge in [0, 0.05) is 35.2 Å². The van der Waals surface area contributed by atoms with E-state index in [0.29, 0.717) is 0 Å². The van der Waals surface area contributed by atoms with Gasteiger partial charge in [-0.25, -0.2) is 0 Å². The van der Waals surface area contributed by atoms with Crippen LogP contribution in [0.25, 0.3) is 0 Å². The molecule has 0 radical (unpaired) electrons. The first-order valence-electron chi connectivity index (χ1n) is 7.08. The van der Waals surface area contributed by atoms with Crippen LogP contribution in [0.3, 0.4) is 0 Å². The summed E-state index contributed by atoms with van der Waals surface area (Å²) in [6.45, 7) is 2.55. The van der Waals surface area contributed by atoms with E-state index in [1.807, 2.05) is 0 Å². The van der Waals surface area contributed by atoms with Gasteiger partial charge in [0.1, 0.15) is 18.3 Å². The van der Waals surface area contributed by atoms with Crippen molar-refractivity contribution in [2.75, 3.05) is 27.9 Å². The molecule has 6 unspecified atom stereocenters. The Morgan fingerprint density at radius 2 is 1.61 bits per heavy atom. The van der Waals surface area contributed by atoms with Gasteiger partial charge in [-0.05, 0) is 0 Å². The fourth-order valence-electron chi connectivity index (χ4n) is 2.52. The Balaban J connectivity index is 3.09. The number of carbonyl (C=O) groups excluding carboxylic acids is 2. The van der Waals surface area contributed by atoms with Crippen LogP contribution in [-0.4, -0.2) is 81.8 Å². The molecule has 0 amide bonds. The smallest absolute Gasteiger partial charge is 0.303 e. The van der Waals surface area contributed by atoms with Crippen molar-refractivity contribution in [3.63, 3.8) is 0 Å². The first-order chi connectivity index (χ1) is 10.8. The second-order valence-electron chi connectivity index (χ2n) is 5.07. The minimum absolute atomic E-state index is 0.165. The number of carbonyl (C=O) groups is 2. The summed E-state index contributed by atoms with van der Waals surface area (Å²) in [5.74, 6) is -1.26. The Bertz CT molecular complexity index is 400. The summed E-state index contributed by atoms with van der Waals surface area (Å²) in [6.07, 6.45) is -5.98. The Hall–Kier alpha value is -1.26. The van der Waals surface area contributed by atoms with E-state index < -0.39 is 48.7 Å². The SMILES string of the molecule is COCC(OC)C1OC(O)C(OC(C)=O)C(OC(C)=O)C1OC. The van der Waals surface area contributed by atoms with Gasteiger partial charge in [0.05, 0.1) is 6.61 Å². The summed E-state index contributed by atoms with van der Waals surface area (Å²) >= 11 is 0. The van der Waals surface area contributed by atoms with Crippen LogP contribution < -0.4 is 0 Å². The molecular formula is C14H24O9. The topological polar surface area (TPSA) is 110 Å². The first kappa shape index (κ1) is 19.8. The maximum absolute atomic E-state index is 11.4. The predicted octanol–water partition coefficient (Wildman–Crippen LogP) is -0.757. The zero-order valence-corrected chi connectivity index (χ0v) is 13.9. The second kappa shape index (κ2) is 9.14. The average Bonchev–Trinajstić information content (AvgIpc) is 2.47. The van der Waals surface area contributed by atoms with E-state index in [1.54, 1.807) is 0 Å². The molecule has 1 aliphatic heterocycles. The quantitative estimate of drug-likeness (QED) is 0.600. The standard InChI is InChI=1S/C14H24O9/c1-7(15)21-12-11(20-5)10(9(19-4)6-18-3)23-14(17)13(12)22-8(2)16/h9-14,17H,6H2,1-5H3. The summed E-state index contributed by atoms with van der Waals surface area (Å²) in [4.78, 5) is 22.6. The third kappa shape index (κ3) is 5.11. The fraction of sp³-hybridized carbons (Fsp3) is 0.857. The molecule has 1 fully saturated rings. The van der Waals surface area contributed by atoms with Crippen molar-refractivity contribution >= 4 is 11.9 Å². The molecule has 0 aromatic rings. The summed E-state index contributed by atoms with van der Waals surface area (Å²) < 4.78 is 31.4. The van der Waals surface area contributed by atoms with Gasteiger partial charge >= 0.3 is 11.9 Å². The van der Waals surface area contributed by atoms with Crippen molar-refractivity contribution in [1.29, 1.82) is 0 Å². The van der Waals surface area contributed by atoms with Gasteiger partial charge in [-0.2, -0.15) is 0 Å². The molecular weight excluding hydrogens is 312 g/mol. The molecule has 0 aliphatic carbocycles. The highest BCUT2D eigenvalue weighted by Crippen LogP contribution is 2.29. The molecule has 0 aromatic carbocycles. The number of aliphatic hydroxyl groups excluding tert-OH is 1. The molecule has 1 N–H and O–H groups in total. The van der Waals surface area contributed by atoms with Crippen LogP contribution in [0, 0.1) is 0 Å². The second-order valence-corrected chi connectivity index (χ2v) is 5.07. The predicted molar refractivity (Wildman–Crippen MR) is 75.5 cm³/mol. The van der Waals surface area contributed by atoms with Crippen LogP contribution in [0.15, 0.2) is 0 Å². The zero-order valence-electron chi connectivity index (χ0n) is 13.9. The highest BCUT2D eigenvalue weighted by atomic mass is 16.7. The highest BCUT2D eigenvalue weighted by molar-refractivity contribution is 5.67. The van der Waals surface area contributed by atoms with E-state index in [9.17, 15) is 14.7 Å². The van der Waals surface area contributed by atoms with Crippen molar-refractivity contribution in [2.45, 2.75) is 50.7 Å². The van der Waals surface area contributed by atoms with Crippen molar-refractivity contribution in [3.05, 3.63) is 0 Å². The maximum atomic E-state index is 11.4. The summed E-state index contributed by atoms with van der Waals surface area (Å²) in [5.41, 5.74) is 0. The van der Waals surface area contributed by atoms with Gasteiger partial charge in [0.25, 0.3) is 0 Å². The Labute approximate surface area is 134 Å². The highest BCUT2D eigenvalue weighted by Gasteiger charge is 2.52. The van der Waals surface area contributed by atoms with Crippen LogP contribution in [0.2, 0.25) is 0 Å². The fourth-order valence-corrected chi connectivity index (χ4v) is 2.52. The Kier molecular flexibility index (Phi) is 7.86. The third-order valence-electron chi connectivity index (χ3n) is 3.43. The van der Waals surface area contributed by atoms with Crippen molar-refractivity contribution in [2.24, 2.45) is 0 Å². The summed E-state index contributed by atoms with van der Waals surface area (Å²) in [5, 5.41) is 10.2. The molecule has 1 aliphatic rings. The number of esters is 2. The number of ether oxygens (including phenoxy) is 6. The first-order valence-corrected chi connectivity index (χ1v) is 7.08. The molecule has 6 atom stereocenters. The number of rotatable bonds is 7. The minimum atomic E-state index is -1.51. The number of methoxy groups -OCH3 is 3. The maximum Gasteiger partial charge on any atom is 0.303 e. The van der Waals surface area contributed by atoms with E-state index in [-0.39, 0.29) is 6.61 Å². The molecule has 134 valence electrons. The van der Waals surface area contributed by atoms with Crippen LogP contribution in [0.4, 0.5) is 0 Å². The van der Waals surface area contributed by atoms with Gasteiger partial charge in [0.2, 0.25) is 0 Å². The molecule has 23 heavy (non-hydrogen) atoms. The molecule has 1 rings (SSSR count). The van der Waals surface area contributed by atoms with Gasteiger partial charge in [-0.3, -0.25) is 9.59 Å². The number of hydrogen-bond acceptors (Lipinski definition) is 9. The van der Waals surface area contributed by atoms with Gasteiger partial charge in [-0.15, -0.1) is 0 Å². The van der Waals surface area contributed by atoms with Gasteiger partial charge in [0.15, 0.2) is 18.5 Å². The molecule has 1 saturated heterocycles. The largest absolute Gasteiger partial charge is 0.455 e. The lowest BCUT2D eigenvalue weighted by atomic mass is 9.94. The van der Waals surface area contributed by atoms with Crippen LogP contribution in [-0.2, 0) is 38.0 Å². The lowest BCUT2D eigenvalue weighted by Gasteiger charge is -2.44. The molecule has 0 bridgehead atoms. The van der Waals surface area contributed by atoms with Crippen LogP contribution >= 0.6 is 0 Å². The lowest BCUT2D eigenvalue weighted by molar-refractivity contribution is -0.308. The minimum Gasteiger partial charge on any atom is -0.455 e. The summed E-state index contributed by atoms with van der Waals surface area (Å²) in [6, 6.07) is 0. The monoisotopic (exact) mass is 336 g/mol. The number of hydrogen-bond donors (Lipinski definition) is 1. The van der Waals surface area contributed by atoms with E-state index >= 15 is 0 Å². The van der Waals surface area contributed by atoms with Crippen LogP contribution in [0.5, 0.6) is 0 Å². The van der Waals surface area contributed by atoms with Gasteiger partial charge < -0.3 is 33.5 Å². The van der Waals surface area contributed by atoms with Crippen molar-refractivity contribution < 1.29 is 43.1 Å². The van der Waals surface area contributed by atoms with E-state index in [1.165, 1.54) is 35.2 Å². The van der Waals surface area contributed by atoms with Crippen LogP contribution in [0.1, 0.15) is 13.8 Å². The lowest BCUT2D eigenvalue weighted by Crippen LogP contribution is -2.64. The Morgan fingerprint density at radius 1 is 1.04 bits per heavy atom. The van der Waals surface area contributed by atoms with Crippen molar-refractivity contribution in [1.82, 2.24) is 0 Å². The van der Waals surface area contributed by atoms with Crippen molar-refractivity contribution in [3.8, 4) is 0 Å². The normalized spacial score (nSPS) is 32.2. The van der Waals surface area contributed by atoms with E-state index in [0.717, 1.165) is 0 Å².